The zero-order chi connectivity index (χ0) is 23.5. The molecule has 0 saturated carbocycles. The average Bonchev–Trinajstić information content (AvgIpc) is 3.25. The standard InChI is InChI=1S/C20H20F3N5O3S/c1-11(25-14(29)7-8-20(21,22)23)17(30)27-16-19(31)28(2)13-6-4-3-5-12(13)15(26-16)18-24-9-10-32-18/h3-6,9-11,16H,7-8H2,1-2H3,(H,25,29)(H,27,30)/t11-,16?/m0/s1. The van der Waals surface area contributed by atoms with E-state index in [0.29, 0.717) is 22.0 Å². The molecule has 8 nitrogen and oxygen atoms in total. The molecule has 3 rings (SSSR count). The number of carbonyl (C=O) groups excluding carboxylic acids is 3. The summed E-state index contributed by atoms with van der Waals surface area (Å²) in [5, 5.41) is 6.97. The number of fused-ring (bicyclic) bond motifs is 1. The van der Waals surface area contributed by atoms with Crippen LogP contribution in [-0.2, 0) is 14.4 Å². The molecule has 3 amide bonds. The van der Waals surface area contributed by atoms with Crippen LogP contribution in [0.3, 0.4) is 0 Å². The molecule has 1 aliphatic heterocycles. The molecule has 12 heteroatoms. The molecule has 0 spiro atoms. The van der Waals surface area contributed by atoms with Crippen molar-refractivity contribution < 1.29 is 27.6 Å². The summed E-state index contributed by atoms with van der Waals surface area (Å²) < 4.78 is 36.9. The number of amides is 3. The number of benzene rings is 1. The Morgan fingerprint density at radius 1 is 1.28 bits per heavy atom. The Morgan fingerprint density at radius 3 is 2.66 bits per heavy atom. The molecular formula is C20H20F3N5O3S. The fraction of sp³-hybridized carbons (Fsp3) is 0.350. The Morgan fingerprint density at radius 2 is 2.00 bits per heavy atom. The van der Waals surface area contributed by atoms with Crippen LogP contribution in [0, 0.1) is 0 Å². The number of aliphatic imine (C=N–C) groups is 1. The van der Waals surface area contributed by atoms with Crippen LogP contribution in [-0.4, -0.2) is 53.8 Å². The highest BCUT2D eigenvalue weighted by molar-refractivity contribution is 7.12. The first-order valence-electron chi connectivity index (χ1n) is 9.58. The fourth-order valence-electron chi connectivity index (χ4n) is 3.02. The first-order chi connectivity index (χ1) is 15.1. The van der Waals surface area contributed by atoms with E-state index in [0.717, 1.165) is 0 Å². The first kappa shape index (κ1) is 23.4. The minimum atomic E-state index is -4.48. The van der Waals surface area contributed by atoms with Gasteiger partial charge in [-0.3, -0.25) is 14.4 Å². The molecule has 1 aromatic carbocycles. The molecule has 2 aromatic rings. The summed E-state index contributed by atoms with van der Waals surface area (Å²) in [6.07, 6.45) is -6.29. The van der Waals surface area contributed by atoms with Crippen molar-refractivity contribution in [1.29, 1.82) is 0 Å². The largest absolute Gasteiger partial charge is 0.389 e. The van der Waals surface area contributed by atoms with Gasteiger partial charge in [0.15, 0.2) is 0 Å². The van der Waals surface area contributed by atoms with Crippen LogP contribution < -0.4 is 15.5 Å². The Balaban J connectivity index is 1.79. The normalized spacial score (nSPS) is 17.2. The summed E-state index contributed by atoms with van der Waals surface area (Å²) in [4.78, 5) is 47.3. The van der Waals surface area contributed by atoms with Crippen LogP contribution >= 0.6 is 11.3 Å². The predicted octanol–water partition coefficient (Wildman–Crippen LogP) is 2.25. The van der Waals surface area contributed by atoms with Crippen LogP contribution in [0.15, 0.2) is 40.8 Å². The maximum Gasteiger partial charge on any atom is 0.389 e. The second-order valence-electron chi connectivity index (χ2n) is 7.04. The van der Waals surface area contributed by atoms with Gasteiger partial charge >= 0.3 is 6.18 Å². The number of aromatic nitrogens is 1. The third kappa shape index (κ3) is 5.49. The lowest BCUT2D eigenvalue weighted by Crippen LogP contribution is -2.52. The summed E-state index contributed by atoms with van der Waals surface area (Å²) in [5.41, 5.74) is 1.65. The van der Waals surface area contributed by atoms with E-state index in [-0.39, 0.29) is 0 Å². The number of nitrogens with zero attached hydrogens (tertiary/aromatic N) is 3. The van der Waals surface area contributed by atoms with Crippen molar-refractivity contribution in [3.8, 4) is 0 Å². The second kappa shape index (κ2) is 9.47. The quantitative estimate of drug-likeness (QED) is 0.680. The average molecular weight is 467 g/mol. The fourth-order valence-corrected chi connectivity index (χ4v) is 3.67. The number of hydrogen-bond acceptors (Lipinski definition) is 6. The number of alkyl halides is 3. The number of likely N-dealkylation sites (N-methyl/N-ethyl adjacent to an activating group) is 1. The number of rotatable bonds is 6. The second-order valence-corrected chi connectivity index (χ2v) is 7.94. The van der Waals surface area contributed by atoms with E-state index in [1.165, 1.54) is 23.2 Å². The Hall–Kier alpha value is -3.28. The minimum absolute atomic E-state index is 0.417. The van der Waals surface area contributed by atoms with E-state index in [1.807, 2.05) is 0 Å². The number of halogens is 3. The van der Waals surface area contributed by atoms with E-state index in [2.05, 4.69) is 20.6 Å². The number of para-hydroxylation sites is 1. The topological polar surface area (TPSA) is 104 Å². The Labute approximate surface area is 185 Å². The van der Waals surface area contributed by atoms with Crippen molar-refractivity contribution in [2.45, 2.75) is 38.1 Å². The maximum absolute atomic E-state index is 13.0. The number of hydrogen-bond donors (Lipinski definition) is 2. The van der Waals surface area contributed by atoms with Gasteiger partial charge in [-0.05, 0) is 13.0 Å². The number of anilines is 1. The molecule has 0 radical (unpaired) electrons. The number of thiazole rings is 1. The third-order valence-corrected chi connectivity index (χ3v) is 5.44. The molecule has 1 unspecified atom stereocenters. The van der Waals surface area contributed by atoms with Gasteiger partial charge in [0, 0.05) is 30.6 Å². The molecule has 1 aliphatic rings. The summed E-state index contributed by atoms with van der Waals surface area (Å²) >= 11 is 1.31. The Kier molecular flexibility index (Phi) is 6.92. The lowest BCUT2D eigenvalue weighted by atomic mass is 10.1. The van der Waals surface area contributed by atoms with Crippen molar-refractivity contribution in [3.05, 3.63) is 46.4 Å². The zero-order valence-corrected chi connectivity index (χ0v) is 18.0. The van der Waals surface area contributed by atoms with Gasteiger partial charge in [0.25, 0.3) is 5.91 Å². The van der Waals surface area contributed by atoms with E-state index in [4.69, 9.17) is 0 Å². The van der Waals surface area contributed by atoms with Gasteiger partial charge in [-0.15, -0.1) is 11.3 Å². The van der Waals surface area contributed by atoms with Crippen molar-refractivity contribution >= 4 is 40.5 Å². The van der Waals surface area contributed by atoms with E-state index < -0.39 is 48.9 Å². The molecule has 2 heterocycles. The highest BCUT2D eigenvalue weighted by atomic mass is 32.1. The van der Waals surface area contributed by atoms with Crippen LogP contribution in [0.1, 0.15) is 30.3 Å². The van der Waals surface area contributed by atoms with Gasteiger partial charge in [-0.1, -0.05) is 18.2 Å². The van der Waals surface area contributed by atoms with Crippen LogP contribution in [0.5, 0.6) is 0 Å². The van der Waals surface area contributed by atoms with Gasteiger partial charge in [0.2, 0.25) is 18.0 Å². The number of carbonyl (C=O) groups is 3. The first-order valence-corrected chi connectivity index (χ1v) is 10.5. The van der Waals surface area contributed by atoms with Gasteiger partial charge in [0.05, 0.1) is 12.1 Å². The Bertz CT molecular complexity index is 1040. The lowest BCUT2D eigenvalue weighted by Gasteiger charge is -2.22. The van der Waals surface area contributed by atoms with E-state index >= 15 is 0 Å². The highest BCUT2D eigenvalue weighted by Gasteiger charge is 2.33. The predicted molar refractivity (Wildman–Crippen MR) is 112 cm³/mol. The highest BCUT2D eigenvalue weighted by Crippen LogP contribution is 2.27. The minimum Gasteiger partial charge on any atom is -0.345 e. The molecule has 170 valence electrons. The number of benzodiazepines with no additional fused rings is 1. The van der Waals surface area contributed by atoms with Gasteiger partial charge in [0.1, 0.15) is 16.8 Å². The summed E-state index contributed by atoms with van der Waals surface area (Å²) in [6.45, 7) is 1.31. The van der Waals surface area contributed by atoms with Crippen molar-refractivity contribution in [3.63, 3.8) is 0 Å². The van der Waals surface area contributed by atoms with Gasteiger partial charge in [-0.25, -0.2) is 9.98 Å². The maximum atomic E-state index is 13.0. The van der Waals surface area contributed by atoms with E-state index in [9.17, 15) is 27.6 Å². The third-order valence-electron chi connectivity index (χ3n) is 4.66. The smallest absolute Gasteiger partial charge is 0.345 e. The lowest BCUT2D eigenvalue weighted by molar-refractivity contribution is -0.144. The van der Waals surface area contributed by atoms with Crippen molar-refractivity contribution in [1.82, 2.24) is 15.6 Å². The monoisotopic (exact) mass is 467 g/mol. The SMILES string of the molecule is C[C@H](NC(=O)CCC(F)(F)F)C(=O)NC1N=C(c2nccs2)c2ccccc2N(C)C1=O. The van der Waals surface area contributed by atoms with E-state index in [1.54, 1.807) is 42.9 Å². The number of nitrogens with one attached hydrogen (secondary N) is 2. The van der Waals surface area contributed by atoms with Gasteiger partial charge in [-0.2, -0.15) is 13.2 Å². The van der Waals surface area contributed by atoms with Crippen LogP contribution in [0.4, 0.5) is 18.9 Å². The summed E-state index contributed by atoms with van der Waals surface area (Å²) in [7, 11) is 1.54. The molecule has 2 atom stereocenters. The molecule has 32 heavy (non-hydrogen) atoms. The summed E-state index contributed by atoms with van der Waals surface area (Å²) in [6, 6.07) is 5.91. The molecule has 2 N–H and O–H groups in total. The van der Waals surface area contributed by atoms with Crippen molar-refractivity contribution in [2.24, 2.45) is 4.99 Å². The molecule has 1 aromatic heterocycles. The van der Waals surface area contributed by atoms with Crippen molar-refractivity contribution in [2.75, 3.05) is 11.9 Å². The van der Waals surface area contributed by atoms with Crippen LogP contribution in [0.2, 0.25) is 0 Å². The summed E-state index contributed by atoms with van der Waals surface area (Å²) in [5.74, 6) is -2.20. The molecule has 0 saturated heterocycles. The molecule has 0 bridgehead atoms. The molecule has 0 fully saturated rings. The van der Waals surface area contributed by atoms with Crippen LogP contribution in [0.25, 0.3) is 0 Å². The van der Waals surface area contributed by atoms with Gasteiger partial charge < -0.3 is 15.5 Å². The molecule has 0 aliphatic carbocycles. The zero-order valence-electron chi connectivity index (χ0n) is 17.1. The molecular weight excluding hydrogens is 447 g/mol.